The van der Waals surface area contributed by atoms with Gasteiger partial charge in [-0.25, -0.2) is 4.79 Å². The van der Waals surface area contributed by atoms with Crippen molar-refractivity contribution in [3.8, 4) is 5.75 Å². The van der Waals surface area contributed by atoms with Gasteiger partial charge in [0.1, 0.15) is 12.4 Å². The first kappa shape index (κ1) is 16.2. The van der Waals surface area contributed by atoms with Crippen molar-refractivity contribution in [3.63, 3.8) is 0 Å². The second-order valence-corrected chi connectivity index (χ2v) is 4.84. The number of benzene rings is 2. The third-order valence-electron chi connectivity index (χ3n) is 2.85. The third kappa shape index (κ3) is 3.92. The van der Waals surface area contributed by atoms with E-state index < -0.39 is 22.7 Å². The van der Waals surface area contributed by atoms with Gasteiger partial charge in [-0.05, 0) is 35.9 Å². The summed E-state index contributed by atoms with van der Waals surface area (Å²) in [6, 6.07) is 9.09. The SMILES string of the molecule is O=C(O)c1ccc(COc2ccc(C(F)(F)F)c(Cl)c2)cc1. The molecule has 116 valence electrons. The average Bonchev–Trinajstić information content (AvgIpc) is 2.44. The Bertz CT molecular complexity index is 681. The molecule has 3 nitrogen and oxygen atoms in total. The lowest BCUT2D eigenvalue weighted by molar-refractivity contribution is -0.137. The summed E-state index contributed by atoms with van der Waals surface area (Å²) in [5, 5.41) is 8.33. The molecule has 0 atom stereocenters. The van der Waals surface area contributed by atoms with Gasteiger partial charge in [0.25, 0.3) is 0 Å². The normalized spacial score (nSPS) is 11.3. The van der Waals surface area contributed by atoms with E-state index in [4.69, 9.17) is 21.4 Å². The van der Waals surface area contributed by atoms with E-state index in [1.165, 1.54) is 18.2 Å². The molecule has 0 radical (unpaired) electrons. The molecule has 0 bridgehead atoms. The summed E-state index contributed by atoms with van der Waals surface area (Å²) >= 11 is 5.59. The van der Waals surface area contributed by atoms with E-state index in [0.29, 0.717) is 5.56 Å². The van der Waals surface area contributed by atoms with Crippen molar-refractivity contribution < 1.29 is 27.8 Å². The Balaban J connectivity index is 2.05. The smallest absolute Gasteiger partial charge is 0.417 e. The zero-order chi connectivity index (χ0) is 16.3. The van der Waals surface area contributed by atoms with Crippen LogP contribution < -0.4 is 4.74 Å². The van der Waals surface area contributed by atoms with Crippen LogP contribution in [0.1, 0.15) is 21.5 Å². The number of hydrogen-bond acceptors (Lipinski definition) is 2. The second kappa shape index (κ2) is 6.27. The van der Waals surface area contributed by atoms with E-state index in [2.05, 4.69) is 0 Å². The highest BCUT2D eigenvalue weighted by Crippen LogP contribution is 2.36. The molecule has 0 saturated heterocycles. The van der Waals surface area contributed by atoms with Gasteiger partial charge in [-0.3, -0.25) is 0 Å². The van der Waals surface area contributed by atoms with Crippen molar-refractivity contribution in [2.45, 2.75) is 12.8 Å². The van der Waals surface area contributed by atoms with Gasteiger partial charge in [-0.2, -0.15) is 13.2 Å². The number of carboxylic acids is 1. The first-order valence-electron chi connectivity index (χ1n) is 6.09. The fourth-order valence-electron chi connectivity index (χ4n) is 1.73. The maximum atomic E-state index is 12.6. The molecular formula is C15H10ClF3O3. The van der Waals surface area contributed by atoms with Crippen molar-refractivity contribution in [1.29, 1.82) is 0 Å². The van der Waals surface area contributed by atoms with E-state index in [1.807, 2.05) is 0 Å². The van der Waals surface area contributed by atoms with Gasteiger partial charge < -0.3 is 9.84 Å². The molecule has 0 aliphatic rings. The fourth-order valence-corrected chi connectivity index (χ4v) is 2.00. The minimum absolute atomic E-state index is 0.0849. The predicted molar refractivity (Wildman–Crippen MR) is 74.2 cm³/mol. The summed E-state index contributed by atoms with van der Waals surface area (Å²) in [7, 11) is 0. The minimum Gasteiger partial charge on any atom is -0.489 e. The van der Waals surface area contributed by atoms with Crippen molar-refractivity contribution >= 4 is 17.6 Å². The van der Waals surface area contributed by atoms with Crippen LogP contribution in [0.25, 0.3) is 0 Å². The number of alkyl halides is 3. The average molecular weight is 331 g/mol. The van der Waals surface area contributed by atoms with Gasteiger partial charge in [0.15, 0.2) is 0 Å². The van der Waals surface area contributed by atoms with Crippen LogP contribution >= 0.6 is 11.6 Å². The first-order valence-corrected chi connectivity index (χ1v) is 6.47. The number of aromatic carboxylic acids is 1. The molecule has 0 amide bonds. The standard InChI is InChI=1S/C15H10ClF3O3/c16-13-7-11(5-6-12(13)15(17,18)19)22-8-9-1-3-10(4-2-9)14(20)21/h1-7H,8H2,(H,20,21). The van der Waals surface area contributed by atoms with Crippen LogP contribution in [0, 0.1) is 0 Å². The van der Waals surface area contributed by atoms with Gasteiger partial charge >= 0.3 is 12.1 Å². The molecule has 0 unspecified atom stereocenters. The summed E-state index contributed by atoms with van der Waals surface area (Å²) in [6.07, 6.45) is -4.51. The number of hydrogen-bond donors (Lipinski definition) is 1. The fraction of sp³-hybridized carbons (Fsp3) is 0.133. The summed E-state index contributed by atoms with van der Waals surface area (Å²) in [6.45, 7) is 0.0849. The summed E-state index contributed by atoms with van der Waals surface area (Å²) in [5.74, 6) is -0.845. The van der Waals surface area contributed by atoms with E-state index >= 15 is 0 Å². The number of rotatable bonds is 4. The van der Waals surface area contributed by atoms with Gasteiger partial charge in [-0.1, -0.05) is 23.7 Å². The molecule has 0 spiro atoms. The molecule has 0 fully saturated rings. The van der Waals surface area contributed by atoms with Crippen LogP contribution in [0.5, 0.6) is 5.75 Å². The lowest BCUT2D eigenvalue weighted by Crippen LogP contribution is -2.06. The Morgan fingerprint density at radius 3 is 2.27 bits per heavy atom. The highest BCUT2D eigenvalue weighted by atomic mass is 35.5. The Morgan fingerprint density at radius 2 is 1.77 bits per heavy atom. The lowest BCUT2D eigenvalue weighted by Gasteiger charge is -2.11. The summed E-state index contributed by atoms with van der Waals surface area (Å²) in [4.78, 5) is 10.7. The van der Waals surface area contributed by atoms with Crippen molar-refractivity contribution in [1.82, 2.24) is 0 Å². The molecule has 22 heavy (non-hydrogen) atoms. The van der Waals surface area contributed by atoms with Crippen LogP contribution in [0.2, 0.25) is 5.02 Å². The molecule has 0 aliphatic carbocycles. The molecule has 2 aromatic carbocycles. The van der Waals surface area contributed by atoms with Crippen LogP contribution in [0.4, 0.5) is 13.2 Å². The number of carbonyl (C=O) groups is 1. The molecule has 0 saturated carbocycles. The topological polar surface area (TPSA) is 46.5 Å². The Morgan fingerprint density at radius 1 is 1.14 bits per heavy atom. The van der Waals surface area contributed by atoms with Gasteiger partial charge in [0, 0.05) is 0 Å². The van der Waals surface area contributed by atoms with Gasteiger partial charge in [-0.15, -0.1) is 0 Å². The molecule has 0 aromatic heterocycles. The quantitative estimate of drug-likeness (QED) is 0.888. The predicted octanol–water partition coefficient (Wildman–Crippen LogP) is 4.64. The largest absolute Gasteiger partial charge is 0.489 e. The van der Waals surface area contributed by atoms with Gasteiger partial charge in [0.05, 0.1) is 16.1 Å². The van der Waals surface area contributed by atoms with Crippen LogP contribution in [-0.4, -0.2) is 11.1 Å². The number of halogens is 4. The molecule has 1 N–H and O–H groups in total. The molecule has 0 heterocycles. The van der Waals surface area contributed by atoms with Crippen LogP contribution in [-0.2, 0) is 12.8 Å². The molecule has 0 aliphatic heterocycles. The summed E-state index contributed by atoms with van der Waals surface area (Å²) < 4.78 is 43.0. The summed E-state index contributed by atoms with van der Waals surface area (Å²) in [5.41, 5.74) is -0.102. The maximum Gasteiger partial charge on any atom is 0.417 e. The molecule has 2 rings (SSSR count). The Labute approximate surface area is 128 Å². The van der Waals surface area contributed by atoms with E-state index in [-0.39, 0.29) is 17.9 Å². The number of ether oxygens (including phenoxy) is 1. The Hall–Kier alpha value is -2.21. The maximum absolute atomic E-state index is 12.6. The lowest BCUT2D eigenvalue weighted by atomic mass is 10.1. The monoisotopic (exact) mass is 330 g/mol. The van der Waals surface area contributed by atoms with Gasteiger partial charge in [0.2, 0.25) is 0 Å². The zero-order valence-electron chi connectivity index (χ0n) is 11.0. The highest BCUT2D eigenvalue weighted by molar-refractivity contribution is 6.31. The van der Waals surface area contributed by atoms with Crippen LogP contribution in [0.15, 0.2) is 42.5 Å². The zero-order valence-corrected chi connectivity index (χ0v) is 11.8. The Kier molecular flexibility index (Phi) is 4.61. The molecular weight excluding hydrogens is 321 g/mol. The van der Waals surface area contributed by atoms with Crippen molar-refractivity contribution in [3.05, 3.63) is 64.2 Å². The minimum atomic E-state index is -4.51. The van der Waals surface area contributed by atoms with Crippen molar-refractivity contribution in [2.75, 3.05) is 0 Å². The van der Waals surface area contributed by atoms with E-state index in [0.717, 1.165) is 12.1 Å². The van der Waals surface area contributed by atoms with Crippen LogP contribution in [0.3, 0.4) is 0 Å². The molecule has 2 aromatic rings. The first-order chi connectivity index (χ1) is 10.3. The van der Waals surface area contributed by atoms with E-state index in [1.54, 1.807) is 12.1 Å². The van der Waals surface area contributed by atoms with Crippen molar-refractivity contribution in [2.24, 2.45) is 0 Å². The molecule has 7 heteroatoms. The second-order valence-electron chi connectivity index (χ2n) is 4.43. The highest BCUT2D eigenvalue weighted by Gasteiger charge is 2.33. The third-order valence-corrected chi connectivity index (χ3v) is 3.17. The number of carboxylic acid groups (broad SMARTS) is 1. The van der Waals surface area contributed by atoms with E-state index in [9.17, 15) is 18.0 Å².